The average molecular weight is 241 g/mol. The maximum Gasteiger partial charge on any atom is 0.166 e. The Morgan fingerprint density at radius 2 is 2.17 bits per heavy atom. The van der Waals surface area contributed by atoms with Gasteiger partial charge >= 0.3 is 0 Å². The highest BCUT2D eigenvalue weighted by Crippen LogP contribution is 2.31. The lowest BCUT2D eigenvalue weighted by atomic mass is 9.92. The number of carbonyl (C=O) groups is 1. The quantitative estimate of drug-likeness (QED) is 0.778. The molecule has 0 radical (unpaired) electrons. The van der Waals surface area contributed by atoms with Crippen LogP contribution in [0.25, 0.3) is 11.3 Å². The third kappa shape index (κ3) is 1.61. The third-order valence-corrected chi connectivity index (χ3v) is 3.42. The highest BCUT2D eigenvalue weighted by atomic mass is 16.1. The first kappa shape index (κ1) is 11.0. The van der Waals surface area contributed by atoms with Gasteiger partial charge in [0.15, 0.2) is 5.78 Å². The van der Waals surface area contributed by atoms with Crippen LogP contribution in [0.1, 0.15) is 28.9 Å². The molecule has 0 saturated carbocycles. The molecule has 0 atom stereocenters. The SMILES string of the molecule is Cn1nc(-c2cccc(N)c2)c2c1CCCC2=O. The largest absolute Gasteiger partial charge is 0.399 e. The number of benzene rings is 1. The molecule has 1 aliphatic rings. The second-order valence-electron chi connectivity index (χ2n) is 4.70. The molecule has 1 aromatic heterocycles. The first-order chi connectivity index (χ1) is 8.66. The number of hydrogen-bond donors (Lipinski definition) is 1. The topological polar surface area (TPSA) is 60.9 Å². The van der Waals surface area contributed by atoms with Crippen molar-refractivity contribution in [1.29, 1.82) is 0 Å². The summed E-state index contributed by atoms with van der Waals surface area (Å²) in [5.41, 5.74) is 10.0. The van der Waals surface area contributed by atoms with E-state index in [1.807, 2.05) is 36.0 Å². The molecule has 18 heavy (non-hydrogen) atoms. The number of aromatic nitrogens is 2. The lowest BCUT2D eigenvalue weighted by molar-refractivity contribution is 0.0972. The number of nitrogens with two attached hydrogens (primary N) is 1. The molecule has 0 spiro atoms. The molecule has 92 valence electrons. The molecule has 0 aliphatic heterocycles. The highest BCUT2D eigenvalue weighted by Gasteiger charge is 2.26. The average Bonchev–Trinajstić information content (AvgIpc) is 2.69. The van der Waals surface area contributed by atoms with Gasteiger partial charge in [-0.05, 0) is 25.0 Å². The van der Waals surface area contributed by atoms with Crippen LogP contribution in [-0.4, -0.2) is 15.6 Å². The standard InChI is InChI=1S/C14H15N3O/c1-17-11-6-3-7-12(18)13(11)14(16-17)9-4-2-5-10(15)8-9/h2,4-5,8H,3,6-7,15H2,1H3. The Morgan fingerprint density at radius 1 is 1.33 bits per heavy atom. The van der Waals surface area contributed by atoms with Gasteiger partial charge in [-0.25, -0.2) is 0 Å². The number of hydrogen-bond acceptors (Lipinski definition) is 3. The summed E-state index contributed by atoms with van der Waals surface area (Å²) >= 11 is 0. The highest BCUT2D eigenvalue weighted by molar-refractivity contribution is 6.03. The predicted molar refractivity (Wildman–Crippen MR) is 70.3 cm³/mol. The summed E-state index contributed by atoms with van der Waals surface area (Å²) in [5.74, 6) is 0.196. The Labute approximate surface area is 105 Å². The summed E-state index contributed by atoms with van der Waals surface area (Å²) in [5, 5.41) is 4.49. The molecule has 0 fully saturated rings. The summed E-state index contributed by atoms with van der Waals surface area (Å²) in [6.45, 7) is 0. The zero-order valence-corrected chi connectivity index (χ0v) is 10.3. The molecule has 0 amide bonds. The van der Waals surface area contributed by atoms with Gasteiger partial charge in [-0.15, -0.1) is 0 Å². The fourth-order valence-corrected chi connectivity index (χ4v) is 2.57. The van der Waals surface area contributed by atoms with Crippen LogP contribution < -0.4 is 5.73 Å². The van der Waals surface area contributed by atoms with Crippen molar-refractivity contribution in [1.82, 2.24) is 9.78 Å². The smallest absolute Gasteiger partial charge is 0.166 e. The van der Waals surface area contributed by atoms with Gasteiger partial charge in [0, 0.05) is 30.4 Å². The fourth-order valence-electron chi connectivity index (χ4n) is 2.57. The molecule has 1 aliphatic carbocycles. The second kappa shape index (κ2) is 3.98. The van der Waals surface area contributed by atoms with E-state index >= 15 is 0 Å². The van der Waals surface area contributed by atoms with E-state index in [-0.39, 0.29) is 5.78 Å². The van der Waals surface area contributed by atoms with Crippen LogP contribution in [0.3, 0.4) is 0 Å². The molecule has 0 saturated heterocycles. The molecule has 4 heteroatoms. The Kier molecular flexibility index (Phi) is 2.44. The van der Waals surface area contributed by atoms with Gasteiger partial charge in [0.2, 0.25) is 0 Å². The minimum Gasteiger partial charge on any atom is -0.399 e. The van der Waals surface area contributed by atoms with Crippen LogP contribution in [0.5, 0.6) is 0 Å². The maximum atomic E-state index is 12.1. The van der Waals surface area contributed by atoms with Crippen molar-refractivity contribution in [2.24, 2.45) is 7.05 Å². The van der Waals surface area contributed by atoms with Crippen LogP contribution in [0.2, 0.25) is 0 Å². The zero-order chi connectivity index (χ0) is 12.7. The Bertz CT molecular complexity index is 628. The number of nitrogens with zero attached hydrogens (tertiary/aromatic N) is 2. The van der Waals surface area contributed by atoms with E-state index in [1.54, 1.807) is 0 Å². The number of rotatable bonds is 1. The minimum absolute atomic E-state index is 0.196. The van der Waals surface area contributed by atoms with Gasteiger partial charge in [0.25, 0.3) is 0 Å². The number of nitrogen functional groups attached to an aromatic ring is 1. The molecule has 2 aromatic rings. The van der Waals surface area contributed by atoms with E-state index in [9.17, 15) is 4.79 Å². The summed E-state index contributed by atoms with van der Waals surface area (Å²) in [6, 6.07) is 7.53. The monoisotopic (exact) mass is 241 g/mol. The number of ketones is 1. The van der Waals surface area contributed by atoms with Crippen molar-refractivity contribution in [3.05, 3.63) is 35.5 Å². The van der Waals surface area contributed by atoms with Gasteiger partial charge in [-0.3, -0.25) is 9.48 Å². The molecule has 0 bridgehead atoms. The number of aryl methyl sites for hydroxylation is 1. The summed E-state index contributed by atoms with van der Waals surface area (Å²) < 4.78 is 1.82. The first-order valence-corrected chi connectivity index (χ1v) is 6.12. The van der Waals surface area contributed by atoms with Gasteiger partial charge in [-0.2, -0.15) is 5.10 Å². The van der Waals surface area contributed by atoms with E-state index in [2.05, 4.69) is 5.10 Å². The molecular formula is C14H15N3O. The lowest BCUT2D eigenvalue weighted by Gasteiger charge is -2.11. The molecule has 3 rings (SSSR count). The Morgan fingerprint density at radius 3 is 2.94 bits per heavy atom. The molecule has 4 nitrogen and oxygen atoms in total. The van der Waals surface area contributed by atoms with Gasteiger partial charge in [0.1, 0.15) is 5.69 Å². The van der Waals surface area contributed by atoms with Gasteiger partial charge in [-0.1, -0.05) is 12.1 Å². The van der Waals surface area contributed by atoms with Crippen LogP contribution >= 0.6 is 0 Å². The third-order valence-electron chi connectivity index (χ3n) is 3.42. The number of Topliss-reactive ketones (excluding diaryl/α,β-unsaturated/α-hetero) is 1. The van der Waals surface area contributed by atoms with Crippen LogP contribution in [0.4, 0.5) is 5.69 Å². The summed E-state index contributed by atoms with van der Waals surface area (Å²) in [6.07, 6.45) is 2.46. The molecule has 0 unspecified atom stereocenters. The lowest BCUT2D eigenvalue weighted by Crippen LogP contribution is -2.12. The van der Waals surface area contributed by atoms with Crippen molar-refractivity contribution >= 4 is 11.5 Å². The van der Waals surface area contributed by atoms with Crippen molar-refractivity contribution in [2.45, 2.75) is 19.3 Å². The van der Waals surface area contributed by atoms with Crippen molar-refractivity contribution in [3.63, 3.8) is 0 Å². The van der Waals surface area contributed by atoms with Gasteiger partial charge in [0.05, 0.1) is 5.56 Å². The van der Waals surface area contributed by atoms with E-state index < -0.39 is 0 Å². The summed E-state index contributed by atoms with van der Waals surface area (Å²) in [4.78, 5) is 12.1. The van der Waals surface area contributed by atoms with Crippen LogP contribution in [-0.2, 0) is 13.5 Å². The predicted octanol–water partition coefficient (Wildman–Crippen LogP) is 2.19. The fraction of sp³-hybridized carbons (Fsp3) is 0.286. The van der Waals surface area contributed by atoms with E-state index in [0.717, 1.165) is 35.4 Å². The van der Waals surface area contributed by atoms with Crippen molar-refractivity contribution in [2.75, 3.05) is 5.73 Å². The van der Waals surface area contributed by atoms with Crippen LogP contribution in [0, 0.1) is 0 Å². The number of carbonyl (C=O) groups excluding carboxylic acids is 1. The molecule has 2 N–H and O–H groups in total. The minimum atomic E-state index is 0.196. The van der Waals surface area contributed by atoms with Gasteiger partial charge < -0.3 is 5.73 Å². The molecular weight excluding hydrogens is 226 g/mol. The van der Waals surface area contributed by atoms with Crippen molar-refractivity contribution < 1.29 is 4.79 Å². The zero-order valence-electron chi connectivity index (χ0n) is 10.3. The maximum absolute atomic E-state index is 12.1. The van der Waals surface area contributed by atoms with Crippen molar-refractivity contribution in [3.8, 4) is 11.3 Å². The number of anilines is 1. The Hall–Kier alpha value is -2.10. The van der Waals surface area contributed by atoms with E-state index in [4.69, 9.17) is 5.73 Å². The second-order valence-corrected chi connectivity index (χ2v) is 4.70. The summed E-state index contributed by atoms with van der Waals surface area (Å²) in [7, 11) is 1.90. The molecule has 1 aromatic carbocycles. The normalized spacial score (nSPS) is 14.6. The van der Waals surface area contributed by atoms with Crippen LogP contribution in [0.15, 0.2) is 24.3 Å². The Balaban J connectivity index is 2.22. The molecule has 1 heterocycles. The van der Waals surface area contributed by atoms with E-state index in [1.165, 1.54) is 0 Å². The van der Waals surface area contributed by atoms with E-state index in [0.29, 0.717) is 12.1 Å². The number of fused-ring (bicyclic) bond motifs is 1. The first-order valence-electron chi connectivity index (χ1n) is 6.12.